The molecule has 5 heteroatoms. The van der Waals surface area contributed by atoms with Crippen molar-refractivity contribution in [2.45, 2.75) is 19.0 Å². The lowest BCUT2D eigenvalue weighted by Crippen LogP contribution is -2.18. The topological polar surface area (TPSA) is 0 Å². The number of rotatable bonds is 3. The van der Waals surface area contributed by atoms with E-state index in [2.05, 4.69) is 0 Å². The highest BCUT2D eigenvalue weighted by molar-refractivity contribution is 6.34. The highest BCUT2D eigenvalue weighted by atomic mass is 35.5. The summed E-state index contributed by atoms with van der Waals surface area (Å²) < 4.78 is 39.9. The molecule has 0 N–H and O–H groups in total. The molecule has 0 saturated carbocycles. The smallest absolute Gasteiger partial charge is 0.170 e. The van der Waals surface area contributed by atoms with Crippen LogP contribution in [0.5, 0.6) is 0 Å². The van der Waals surface area contributed by atoms with Crippen molar-refractivity contribution in [2.75, 3.05) is 0 Å². The van der Waals surface area contributed by atoms with Gasteiger partial charge in [-0.15, -0.1) is 0 Å². The van der Waals surface area contributed by atoms with Gasteiger partial charge in [-0.2, -0.15) is 13.2 Å². The van der Waals surface area contributed by atoms with E-state index in [9.17, 15) is 13.2 Å². The maximum absolute atomic E-state index is 13.3. The number of alkyl halides is 3. The lowest BCUT2D eigenvalue weighted by atomic mass is 9.97. The summed E-state index contributed by atoms with van der Waals surface area (Å²) in [6, 6.07) is 11.2. The second kappa shape index (κ2) is 6.76. The summed E-state index contributed by atoms with van der Waals surface area (Å²) in [6.07, 6.45) is -1.85. The molecule has 0 nitrogen and oxygen atoms in total. The Labute approximate surface area is 137 Å². The molecule has 0 aliphatic rings. The van der Waals surface area contributed by atoms with Crippen LogP contribution < -0.4 is 0 Å². The number of hydrogen-bond acceptors (Lipinski definition) is 0. The van der Waals surface area contributed by atoms with Crippen LogP contribution in [0.2, 0.25) is 10.0 Å². The third kappa shape index (κ3) is 4.52. The molecule has 0 aromatic heterocycles. The number of aryl methyl sites for hydroxylation is 1. The van der Waals surface area contributed by atoms with Gasteiger partial charge in [0.2, 0.25) is 0 Å². The number of allylic oxidation sites excluding steroid dienone is 1. The van der Waals surface area contributed by atoms with Gasteiger partial charge in [0.1, 0.15) is 0 Å². The summed E-state index contributed by atoms with van der Waals surface area (Å²) in [6.45, 7) is 1.92. The quantitative estimate of drug-likeness (QED) is 0.583. The molecule has 2 aromatic carbocycles. The van der Waals surface area contributed by atoms with E-state index in [1.807, 2.05) is 19.1 Å². The monoisotopic (exact) mass is 344 g/mol. The standard InChI is InChI=1S/C17H13Cl2F3/c1-11-2-4-12(5-3-11)6-7-16(17(20,21)22)13-8-14(18)10-15(19)9-13/h2-10,16H,1H3/b7-6+. The first-order valence-electron chi connectivity index (χ1n) is 6.53. The first-order chi connectivity index (χ1) is 10.3. The van der Waals surface area contributed by atoms with E-state index < -0.39 is 12.1 Å². The van der Waals surface area contributed by atoms with Crippen molar-refractivity contribution < 1.29 is 13.2 Å². The maximum Gasteiger partial charge on any atom is 0.399 e. The normalized spacial score (nSPS) is 13.5. The van der Waals surface area contributed by atoms with E-state index in [1.54, 1.807) is 12.1 Å². The zero-order valence-corrected chi connectivity index (χ0v) is 13.2. The van der Waals surface area contributed by atoms with Crippen LogP contribution in [-0.4, -0.2) is 6.18 Å². The molecule has 0 saturated heterocycles. The minimum Gasteiger partial charge on any atom is -0.170 e. The highest BCUT2D eigenvalue weighted by Crippen LogP contribution is 2.38. The van der Waals surface area contributed by atoms with Gasteiger partial charge in [-0.1, -0.05) is 65.2 Å². The number of benzene rings is 2. The Balaban J connectivity index is 2.36. The van der Waals surface area contributed by atoms with E-state index in [4.69, 9.17) is 23.2 Å². The molecule has 0 fully saturated rings. The average Bonchev–Trinajstić information content (AvgIpc) is 2.38. The first-order valence-corrected chi connectivity index (χ1v) is 7.29. The predicted molar refractivity (Wildman–Crippen MR) is 85.5 cm³/mol. The minimum absolute atomic E-state index is 0.0216. The van der Waals surface area contributed by atoms with Crippen LogP contribution in [0.4, 0.5) is 13.2 Å². The van der Waals surface area contributed by atoms with E-state index in [1.165, 1.54) is 24.3 Å². The van der Waals surface area contributed by atoms with E-state index >= 15 is 0 Å². The van der Waals surface area contributed by atoms with Crippen LogP contribution in [0.25, 0.3) is 6.08 Å². The van der Waals surface area contributed by atoms with Crippen LogP contribution in [0.15, 0.2) is 48.5 Å². The van der Waals surface area contributed by atoms with Gasteiger partial charge in [-0.25, -0.2) is 0 Å². The lowest BCUT2D eigenvalue weighted by molar-refractivity contribution is -0.139. The second-order valence-corrected chi connectivity index (χ2v) is 5.86. The number of hydrogen-bond donors (Lipinski definition) is 0. The third-order valence-electron chi connectivity index (χ3n) is 3.16. The number of halogens is 5. The van der Waals surface area contributed by atoms with Crippen molar-refractivity contribution in [3.63, 3.8) is 0 Å². The Morgan fingerprint density at radius 2 is 1.50 bits per heavy atom. The summed E-state index contributed by atoms with van der Waals surface area (Å²) in [4.78, 5) is 0. The molecule has 0 amide bonds. The molecular weight excluding hydrogens is 332 g/mol. The molecule has 0 heterocycles. The molecule has 22 heavy (non-hydrogen) atoms. The van der Waals surface area contributed by atoms with E-state index in [0.717, 1.165) is 11.6 Å². The van der Waals surface area contributed by atoms with Crippen molar-refractivity contribution in [2.24, 2.45) is 0 Å². The van der Waals surface area contributed by atoms with Crippen molar-refractivity contribution in [3.8, 4) is 0 Å². The molecule has 116 valence electrons. The summed E-state index contributed by atoms with van der Waals surface area (Å²) >= 11 is 11.6. The Hall–Kier alpha value is -1.45. The average molecular weight is 345 g/mol. The zero-order valence-electron chi connectivity index (χ0n) is 11.7. The van der Waals surface area contributed by atoms with Gasteiger partial charge in [-0.05, 0) is 36.2 Å². The predicted octanol–water partition coefficient (Wildman–Crippen LogP) is 6.66. The Morgan fingerprint density at radius 1 is 0.955 bits per heavy atom. The van der Waals surface area contributed by atoms with Gasteiger partial charge in [0, 0.05) is 10.0 Å². The van der Waals surface area contributed by atoms with E-state index in [-0.39, 0.29) is 15.6 Å². The molecule has 0 bridgehead atoms. The summed E-state index contributed by atoms with van der Waals surface area (Å²) in [5.41, 5.74) is 1.77. The van der Waals surface area contributed by atoms with Gasteiger partial charge in [-0.3, -0.25) is 0 Å². The molecule has 1 unspecified atom stereocenters. The maximum atomic E-state index is 13.3. The van der Waals surface area contributed by atoms with Gasteiger partial charge in [0.15, 0.2) is 0 Å². The third-order valence-corrected chi connectivity index (χ3v) is 3.59. The Morgan fingerprint density at radius 3 is 2.00 bits per heavy atom. The van der Waals surface area contributed by atoms with Crippen LogP contribution in [0.1, 0.15) is 22.6 Å². The summed E-state index contributed by atoms with van der Waals surface area (Å²) in [5, 5.41) is 0.362. The van der Waals surface area contributed by atoms with Crippen LogP contribution in [-0.2, 0) is 0 Å². The Bertz CT molecular complexity index is 653. The fraction of sp³-hybridized carbons (Fsp3) is 0.176. The summed E-state index contributed by atoms with van der Waals surface area (Å²) in [5.74, 6) is -1.76. The minimum atomic E-state index is -4.42. The van der Waals surface area contributed by atoms with Crippen molar-refractivity contribution in [1.29, 1.82) is 0 Å². The fourth-order valence-electron chi connectivity index (χ4n) is 2.05. The molecule has 1 atom stereocenters. The summed E-state index contributed by atoms with van der Waals surface area (Å²) in [7, 11) is 0. The van der Waals surface area contributed by atoms with Crippen LogP contribution in [0, 0.1) is 6.92 Å². The molecule has 0 aliphatic heterocycles. The van der Waals surface area contributed by atoms with Crippen molar-refractivity contribution >= 4 is 29.3 Å². The van der Waals surface area contributed by atoms with Crippen molar-refractivity contribution in [1.82, 2.24) is 0 Å². The van der Waals surface area contributed by atoms with Gasteiger partial charge < -0.3 is 0 Å². The molecule has 2 rings (SSSR count). The zero-order chi connectivity index (χ0) is 16.3. The van der Waals surface area contributed by atoms with E-state index in [0.29, 0.717) is 5.56 Å². The lowest BCUT2D eigenvalue weighted by Gasteiger charge is -2.18. The van der Waals surface area contributed by atoms with Crippen molar-refractivity contribution in [3.05, 3.63) is 75.3 Å². The SMILES string of the molecule is Cc1ccc(/C=C/C(c2cc(Cl)cc(Cl)c2)C(F)(F)F)cc1. The van der Waals surface area contributed by atoms with Crippen LogP contribution >= 0.6 is 23.2 Å². The first kappa shape index (κ1) is 16.9. The van der Waals surface area contributed by atoms with Gasteiger partial charge in [0.25, 0.3) is 0 Å². The Kier molecular flexibility index (Phi) is 5.20. The molecule has 0 spiro atoms. The molecular formula is C17H13Cl2F3. The van der Waals surface area contributed by atoms with Crippen LogP contribution in [0.3, 0.4) is 0 Å². The molecule has 2 aromatic rings. The van der Waals surface area contributed by atoms with Gasteiger partial charge >= 0.3 is 6.18 Å². The highest BCUT2D eigenvalue weighted by Gasteiger charge is 2.39. The molecule has 0 radical (unpaired) electrons. The fourth-order valence-corrected chi connectivity index (χ4v) is 2.59. The van der Waals surface area contributed by atoms with Gasteiger partial charge in [0.05, 0.1) is 5.92 Å². The second-order valence-electron chi connectivity index (χ2n) is 4.99. The largest absolute Gasteiger partial charge is 0.399 e. The molecule has 0 aliphatic carbocycles.